The predicted molar refractivity (Wildman–Crippen MR) is 84.4 cm³/mol. The first-order chi connectivity index (χ1) is 10.8. The Labute approximate surface area is 132 Å². The van der Waals surface area contributed by atoms with E-state index in [0.717, 1.165) is 17.9 Å². The highest BCUT2D eigenvalue weighted by molar-refractivity contribution is 7.11. The third-order valence-corrected chi connectivity index (χ3v) is 5.01. The van der Waals surface area contributed by atoms with E-state index in [1.165, 1.54) is 17.8 Å². The van der Waals surface area contributed by atoms with Gasteiger partial charge in [0.1, 0.15) is 5.75 Å². The number of thiazole rings is 1. The molecule has 1 amide bonds. The van der Waals surface area contributed by atoms with Gasteiger partial charge >= 0.3 is 0 Å². The highest BCUT2D eigenvalue weighted by atomic mass is 32.1. The molecule has 6 heteroatoms. The quantitative estimate of drug-likeness (QED) is 0.910. The number of aromatic nitrogens is 1. The van der Waals surface area contributed by atoms with Gasteiger partial charge in [-0.2, -0.15) is 0 Å². The second-order valence-electron chi connectivity index (χ2n) is 5.81. The molecule has 1 aromatic carbocycles. The highest BCUT2D eigenvalue weighted by Gasteiger charge is 2.39. The maximum Gasteiger partial charge on any atom is 0.251 e. The zero-order valence-electron chi connectivity index (χ0n) is 12.0. The van der Waals surface area contributed by atoms with Crippen LogP contribution in [0, 0.1) is 0 Å². The molecule has 2 saturated heterocycles. The number of carbonyl (C=O) groups excluding carboxylic acids is 1. The molecule has 0 saturated carbocycles. The zero-order valence-corrected chi connectivity index (χ0v) is 12.8. The molecule has 2 aliphatic rings. The smallest absolute Gasteiger partial charge is 0.251 e. The van der Waals surface area contributed by atoms with Gasteiger partial charge in [-0.3, -0.25) is 4.79 Å². The maximum absolute atomic E-state index is 12.3. The number of nitrogens with zero attached hydrogens (tertiary/aromatic N) is 1. The number of carbonyl (C=O) groups is 1. The fraction of sp³-hybridized carbons (Fsp3) is 0.375. The first kappa shape index (κ1) is 13.7. The minimum Gasteiger partial charge on any atom is -0.445 e. The number of nitrogens with one attached hydrogen (secondary N) is 2. The fourth-order valence-electron chi connectivity index (χ4n) is 3.28. The van der Waals surface area contributed by atoms with Gasteiger partial charge < -0.3 is 15.4 Å². The average molecular weight is 315 g/mol. The number of hydrogen-bond donors (Lipinski definition) is 2. The summed E-state index contributed by atoms with van der Waals surface area (Å²) in [5.41, 5.74) is 2.39. The van der Waals surface area contributed by atoms with Crippen molar-refractivity contribution in [2.75, 3.05) is 0 Å². The summed E-state index contributed by atoms with van der Waals surface area (Å²) < 4.78 is 5.64. The Kier molecular flexibility index (Phi) is 3.56. The van der Waals surface area contributed by atoms with Gasteiger partial charge in [0.05, 0.1) is 11.7 Å². The molecule has 5 nitrogen and oxygen atoms in total. The normalized spacial score (nSPS) is 26.1. The van der Waals surface area contributed by atoms with Crippen LogP contribution in [0.1, 0.15) is 29.6 Å². The van der Waals surface area contributed by atoms with Gasteiger partial charge in [0, 0.05) is 23.7 Å². The monoisotopic (exact) mass is 315 g/mol. The number of amides is 1. The number of hydrogen-bond acceptors (Lipinski definition) is 5. The molecular formula is C16H17N3O2S. The second kappa shape index (κ2) is 5.70. The van der Waals surface area contributed by atoms with E-state index in [1.54, 1.807) is 23.8 Å². The van der Waals surface area contributed by atoms with Gasteiger partial charge in [-0.25, -0.2) is 4.98 Å². The Balaban J connectivity index is 1.38. The molecule has 2 aliphatic heterocycles. The van der Waals surface area contributed by atoms with Crippen LogP contribution in [0.2, 0.25) is 0 Å². The number of benzene rings is 1. The SMILES string of the molecule is O=C(N[C@@H]1C[C@H]2CC[C@@H]1N2)c1ccc(Oc2cncs2)cc1. The highest BCUT2D eigenvalue weighted by Crippen LogP contribution is 2.28. The molecule has 2 bridgehead atoms. The molecule has 3 atom stereocenters. The van der Waals surface area contributed by atoms with Crippen LogP contribution < -0.4 is 15.4 Å². The maximum atomic E-state index is 12.3. The van der Waals surface area contributed by atoms with Crippen LogP contribution in [-0.2, 0) is 0 Å². The van der Waals surface area contributed by atoms with Crippen molar-refractivity contribution in [3.63, 3.8) is 0 Å². The Morgan fingerprint density at radius 2 is 2.18 bits per heavy atom. The van der Waals surface area contributed by atoms with Crippen molar-refractivity contribution >= 4 is 17.2 Å². The molecule has 2 aromatic rings. The summed E-state index contributed by atoms with van der Waals surface area (Å²) in [4.78, 5) is 16.3. The van der Waals surface area contributed by atoms with Crippen LogP contribution in [0.15, 0.2) is 36.0 Å². The molecule has 22 heavy (non-hydrogen) atoms. The van der Waals surface area contributed by atoms with E-state index in [0.29, 0.717) is 23.4 Å². The van der Waals surface area contributed by atoms with Crippen molar-refractivity contribution in [1.82, 2.24) is 15.6 Å². The van der Waals surface area contributed by atoms with Gasteiger partial charge in [-0.15, -0.1) is 0 Å². The van der Waals surface area contributed by atoms with Gasteiger partial charge in [0.15, 0.2) is 0 Å². The van der Waals surface area contributed by atoms with E-state index in [9.17, 15) is 4.79 Å². The predicted octanol–water partition coefficient (Wildman–Crippen LogP) is 2.56. The molecule has 0 aliphatic carbocycles. The minimum atomic E-state index is -0.0105. The molecule has 114 valence electrons. The lowest BCUT2D eigenvalue weighted by atomic mass is 9.95. The molecule has 0 radical (unpaired) electrons. The van der Waals surface area contributed by atoms with Crippen LogP contribution in [0.4, 0.5) is 0 Å². The van der Waals surface area contributed by atoms with E-state index in [2.05, 4.69) is 15.6 Å². The van der Waals surface area contributed by atoms with Gasteiger partial charge in [-0.05, 0) is 43.5 Å². The van der Waals surface area contributed by atoms with Crippen molar-refractivity contribution in [1.29, 1.82) is 0 Å². The zero-order chi connectivity index (χ0) is 14.9. The van der Waals surface area contributed by atoms with Crippen molar-refractivity contribution in [3.8, 4) is 10.8 Å². The summed E-state index contributed by atoms with van der Waals surface area (Å²) in [6.07, 6.45) is 5.12. The van der Waals surface area contributed by atoms with Crippen molar-refractivity contribution in [2.24, 2.45) is 0 Å². The lowest BCUT2D eigenvalue weighted by molar-refractivity contribution is 0.0931. The lowest BCUT2D eigenvalue weighted by Gasteiger charge is -2.21. The van der Waals surface area contributed by atoms with Crippen LogP contribution in [-0.4, -0.2) is 29.0 Å². The molecule has 3 heterocycles. The molecule has 1 aromatic heterocycles. The summed E-state index contributed by atoms with van der Waals surface area (Å²) in [5, 5.41) is 7.41. The van der Waals surface area contributed by atoms with E-state index < -0.39 is 0 Å². The standard InChI is InChI=1S/C16H17N3O2S/c20-16(19-14-7-11-3-6-13(14)18-11)10-1-4-12(5-2-10)21-15-8-17-9-22-15/h1-2,4-5,8-9,11,13-14,18H,3,6-7H2,(H,19,20)/t11-,13+,14-/m1/s1. The number of rotatable bonds is 4. The van der Waals surface area contributed by atoms with E-state index in [4.69, 9.17) is 4.74 Å². The van der Waals surface area contributed by atoms with Crippen LogP contribution in [0.25, 0.3) is 0 Å². The molecular weight excluding hydrogens is 298 g/mol. The minimum absolute atomic E-state index is 0.0105. The average Bonchev–Trinajstić information content (AvgIpc) is 3.25. The molecule has 0 spiro atoms. The Morgan fingerprint density at radius 1 is 1.32 bits per heavy atom. The van der Waals surface area contributed by atoms with Crippen molar-refractivity contribution in [2.45, 2.75) is 37.4 Å². The van der Waals surface area contributed by atoms with E-state index in [-0.39, 0.29) is 11.9 Å². The Bertz CT molecular complexity index is 657. The van der Waals surface area contributed by atoms with Gasteiger partial charge in [-0.1, -0.05) is 11.3 Å². The third kappa shape index (κ3) is 2.71. The Hall–Kier alpha value is -1.92. The Morgan fingerprint density at radius 3 is 2.82 bits per heavy atom. The van der Waals surface area contributed by atoms with Gasteiger partial charge in [0.2, 0.25) is 5.06 Å². The lowest BCUT2D eigenvalue weighted by Crippen LogP contribution is -2.42. The van der Waals surface area contributed by atoms with E-state index >= 15 is 0 Å². The van der Waals surface area contributed by atoms with Gasteiger partial charge in [0.25, 0.3) is 5.91 Å². The molecule has 0 unspecified atom stereocenters. The summed E-state index contributed by atoms with van der Waals surface area (Å²) in [6, 6.07) is 8.52. The summed E-state index contributed by atoms with van der Waals surface area (Å²) in [5.74, 6) is 0.700. The molecule has 2 N–H and O–H groups in total. The first-order valence-corrected chi connectivity index (χ1v) is 8.39. The van der Waals surface area contributed by atoms with E-state index in [1.807, 2.05) is 12.1 Å². The van der Waals surface area contributed by atoms with Crippen LogP contribution in [0.5, 0.6) is 10.8 Å². The summed E-state index contributed by atoms with van der Waals surface area (Å²) in [7, 11) is 0. The number of ether oxygens (including phenoxy) is 1. The first-order valence-electron chi connectivity index (χ1n) is 7.51. The van der Waals surface area contributed by atoms with Crippen molar-refractivity contribution < 1.29 is 9.53 Å². The molecule has 4 rings (SSSR count). The second-order valence-corrected chi connectivity index (χ2v) is 6.66. The fourth-order valence-corrected chi connectivity index (χ4v) is 3.77. The molecule has 2 fully saturated rings. The largest absolute Gasteiger partial charge is 0.445 e. The summed E-state index contributed by atoms with van der Waals surface area (Å²) in [6.45, 7) is 0. The number of fused-ring (bicyclic) bond motifs is 2. The topological polar surface area (TPSA) is 63.2 Å². The summed E-state index contributed by atoms with van der Waals surface area (Å²) >= 11 is 1.44. The van der Waals surface area contributed by atoms with Crippen LogP contribution in [0.3, 0.4) is 0 Å². The van der Waals surface area contributed by atoms with Crippen LogP contribution >= 0.6 is 11.3 Å². The third-order valence-electron chi connectivity index (χ3n) is 4.36. The van der Waals surface area contributed by atoms with Crippen molar-refractivity contribution in [3.05, 3.63) is 41.5 Å².